The van der Waals surface area contributed by atoms with Crippen molar-refractivity contribution >= 4 is 17.7 Å². The molecule has 0 spiro atoms. The van der Waals surface area contributed by atoms with Gasteiger partial charge in [-0.15, -0.1) is 13.2 Å². The summed E-state index contributed by atoms with van der Waals surface area (Å²) >= 11 is 0. The molecule has 2 aromatic rings. The van der Waals surface area contributed by atoms with Crippen molar-refractivity contribution in [3.63, 3.8) is 0 Å². The molecule has 1 amide bonds. The molecular weight excluding hydrogens is 343 g/mol. The van der Waals surface area contributed by atoms with Crippen LogP contribution in [0.15, 0.2) is 48.5 Å². The zero-order valence-electron chi connectivity index (χ0n) is 12.5. The van der Waals surface area contributed by atoms with Gasteiger partial charge in [-0.25, -0.2) is 9.59 Å². The van der Waals surface area contributed by atoms with E-state index >= 15 is 0 Å². The van der Waals surface area contributed by atoms with E-state index in [0.717, 1.165) is 18.2 Å². The molecule has 2 N–H and O–H groups in total. The highest BCUT2D eigenvalue weighted by molar-refractivity contribution is 5.99. The number of amides is 1. The summed E-state index contributed by atoms with van der Waals surface area (Å²) in [5.41, 5.74) is -0.108. The molecule has 0 saturated heterocycles. The number of ether oxygens (including phenoxy) is 2. The van der Waals surface area contributed by atoms with Crippen LogP contribution >= 0.6 is 0 Å². The summed E-state index contributed by atoms with van der Waals surface area (Å²) in [6.07, 6.45) is -5.97. The Morgan fingerprint density at radius 1 is 1.08 bits per heavy atom. The molecule has 0 atom stereocenters. The van der Waals surface area contributed by atoms with Crippen LogP contribution in [-0.4, -0.2) is 23.5 Å². The van der Waals surface area contributed by atoms with E-state index in [9.17, 15) is 22.8 Å². The number of rotatable bonds is 5. The molecule has 2 rings (SSSR count). The van der Waals surface area contributed by atoms with Gasteiger partial charge in [0.25, 0.3) is 0 Å². The van der Waals surface area contributed by atoms with Gasteiger partial charge < -0.3 is 14.6 Å². The quantitative estimate of drug-likeness (QED) is 0.846. The Kier molecular flexibility index (Phi) is 5.48. The van der Waals surface area contributed by atoms with E-state index in [2.05, 4.69) is 10.1 Å². The fourth-order valence-electron chi connectivity index (χ4n) is 1.88. The summed E-state index contributed by atoms with van der Waals surface area (Å²) < 4.78 is 45.4. The average molecular weight is 355 g/mol. The van der Waals surface area contributed by atoms with Crippen molar-refractivity contribution in [3.05, 3.63) is 59.7 Å². The minimum Gasteiger partial charge on any atom is -0.478 e. The smallest absolute Gasteiger partial charge is 0.478 e. The van der Waals surface area contributed by atoms with Gasteiger partial charge in [-0.3, -0.25) is 5.32 Å². The molecule has 0 aliphatic carbocycles. The van der Waals surface area contributed by atoms with Gasteiger partial charge in [0.1, 0.15) is 12.4 Å². The number of carboxylic acids is 1. The van der Waals surface area contributed by atoms with Crippen molar-refractivity contribution in [1.82, 2.24) is 0 Å². The fraction of sp³-hybridized carbons (Fsp3) is 0.125. The van der Waals surface area contributed by atoms with E-state index in [1.807, 2.05) is 0 Å². The van der Waals surface area contributed by atoms with Gasteiger partial charge in [0, 0.05) is 6.07 Å². The fourth-order valence-corrected chi connectivity index (χ4v) is 1.88. The van der Waals surface area contributed by atoms with Crippen LogP contribution in [0.4, 0.5) is 23.7 Å². The Hall–Kier alpha value is -3.23. The lowest BCUT2D eigenvalue weighted by atomic mass is 10.1. The molecule has 132 valence electrons. The average Bonchev–Trinajstić information content (AvgIpc) is 2.52. The molecule has 2 aromatic carbocycles. The predicted octanol–water partition coefficient (Wildman–Crippen LogP) is 4.03. The second-order valence-corrected chi connectivity index (χ2v) is 4.75. The first kappa shape index (κ1) is 18.1. The van der Waals surface area contributed by atoms with Crippen LogP contribution in [0.25, 0.3) is 0 Å². The first-order valence-corrected chi connectivity index (χ1v) is 6.85. The van der Waals surface area contributed by atoms with Gasteiger partial charge in [0.05, 0.1) is 11.3 Å². The Morgan fingerprint density at radius 3 is 2.36 bits per heavy atom. The van der Waals surface area contributed by atoms with E-state index in [-0.39, 0.29) is 12.3 Å². The van der Waals surface area contributed by atoms with Crippen LogP contribution < -0.4 is 10.1 Å². The van der Waals surface area contributed by atoms with Crippen LogP contribution in [0.2, 0.25) is 0 Å². The zero-order chi connectivity index (χ0) is 18.4. The van der Waals surface area contributed by atoms with Gasteiger partial charge in [-0.2, -0.15) is 0 Å². The van der Waals surface area contributed by atoms with Gasteiger partial charge in [0.15, 0.2) is 0 Å². The Balaban J connectivity index is 2.11. The van der Waals surface area contributed by atoms with Gasteiger partial charge >= 0.3 is 18.4 Å². The molecule has 0 aliphatic rings. The van der Waals surface area contributed by atoms with Crippen molar-refractivity contribution < 1.29 is 37.3 Å². The monoisotopic (exact) mass is 355 g/mol. The number of hydrogen-bond acceptors (Lipinski definition) is 4. The highest BCUT2D eigenvalue weighted by Crippen LogP contribution is 2.28. The SMILES string of the molecule is O=C(Nc1cc(OC(F)(F)F)ccc1C(=O)O)OCc1ccccc1. The molecule has 6 nitrogen and oxygen atoms in total. The third-order valence-electron chi connectivity index (χ3n) is 2.90. The zero-order valence-corrected chi connectivity index (χ0v) is 12.5. The molecule has 0 heterocycles. The van der Waals surface area contributed by atoms with Crippen molar-refractivity contribution in [2.75, 3.05) is 5.32 Å². The lowest BCUT2D eigenvalue weighted by molar-refractivity contribution is -0.274. The Labute approximate surface area is 139 Å². The molecule has 0 unspecified atom stereocenters. The minimum atomic E-state index is -4.95. The topological polar surface area (TPSA) is 84.9 Å². The van der Waals surface area contributed by atoms with Crippen LogP contribution in [0, 0.1) is 0 Å². The molecular formula is C16H12F3NO5. The number of hydrogen-bond donors (Lipinski definition) is 2. The summed E-state index contributed by atoms with van der Waals surface area (Å²) in [6.45, 7) is -0.0895. The third kappa shape index (κ3) is 5.72. The van der Waals surface area contributed by atoms with Crippen LogP contribution in [0.3, 0.4) is 0 Å². The normalized spacial score (nSPS) is 10.8. The Bertz CT molecular complexity index is 762. The molecule has 0 aliphatic heterocycles. The first-order chi connectivity index (χ1) is 11.7. The molecule has 0 fully saturated rings. The lowest BCUT2D eigenvalue weighted by Gasteiger charge is -2.13. The summed E-state index contributed by atoms with van der Waals surface area (Å²) in [5, 5.41) is 11.2. The van der Waals surface area contributed by atoms with Crippen molar-refractivity contribution in [2.45, 2.75) is 13.0 Å². The second kappa shape index (κ2) is 7.56. The second-order valence-electron chi connectivity index (χ2n) is 4.75. The van der Waals surface area contributed by atoms with E-state index in [1.165, 1.54) is 0 Å². The number of nitrogens with one attached hydrogen (secondary N) is 1. The summed E-state index contributed by atoms with van der Waals surface area (Å²) in [6, 6.07) is 11.1. The third-order valence-corrected chi connectivity index (χ3v) is 2.90. The number of carboxylic acid groups (broad SMARTS) is 1. The summed E-state index contributed by atoms with van der Waals surface area (Å²) in [5.74, 6) is -2.10. The summed E-state index contributed by atoms with van der Waals surface area (Å²) in [7, 11) is 0. The number of carbonyl (C=O) groups excluding carboxylic acids is 1. The molecule has 0 bridgehead atoms. The van der Waals surface area contributed by atoms with Crippen LogP contribution in [0.5, 0.6) is 5.75 Å². The first-order valence-electron chi connectivity index (χ1n) is 6.85. The highest BCUT2D eigenvalue weighted by atomic mass is 19.4. The number of benzene rings is 2. The maximum absolute atomic E-state index is 12.3. The maximum atomic E-state index is 12.3. The number of carbonyl (C=O) groups is 2. The molecule has 0 saturated carbocycles. The van der Waals surface area contributed by atoms with Crippen LogP contribution in [0.1, 0.15) is 15.9 Å². The highest BCUT2D eigenvalue weighted by Gasteiger charge is 2.31. The number of halogens is 3. The summed E-state index contributed by atoms with van der Waals surface area (Å²) in [4.78, 5) is 22.9. The van der Waals surface area contributed by atoms with E-state index in [4.69, 9.17) is 9.84 Å². The maximum Gasteiger partial charge on any atom is 0.573 e. The van der Waals surface area contributed by atoms with Gasteiger partial charge in [0.2, 0.25) is 0 Å². The standard InChI is InChI=1S/C16H12F3NO5/c17-16(18,19)25-11-6-7-12(14(21)22)13(8-11)20-15(23)24-9-10-4-2-1-3-5-10/h1-8H,9H2,(H,20,23)(H,21,22). The number of aromatic carboxylic acids is 1. The molecule has 25 heavy (non-hydrogen) atoms. The predicted molar refractivity (Wildman–Crippen MR) is 80.3 cm³/mol. The van der Waals surface area contributed by atoms with Crippen molar-refractivity contribution in [3.8, 4) is 5.75 Å². The van der Waals surface area contributed by atoms with Crippen LogP contribution in [-0.2, 0) is 11.3 Å². The minimum absolute atomic E-state index is 0.0895. The van der Waals surface area contributed by atoms with E-state index < -0.39 is 29.7 Å². The molecule has 0 aromatic heterocycles. The lowest BCUT2D eigenvalue weighted by Crippen LogP contribution is -2.19. The molecule has 9 heteroatoms. The van der Waals surface area contributed by atoms with Crippen molar-refractivity contribution in [2.24, 2.45) is 0 Å². The van der Waals surface area contributed by atoms with Gasteiger partial charge in [-0.1, -0.05) is 30.3 Å². The van der Waals surface area contributed by atoms with E-state index in [1.54, 1.807) is 30.3 Å². The van der Waals surface area contributed by atoms with Gasteiger partial charge in [-0.05, 0) is 17.7 Å². The number of alkyl halides is 3. The largest absolute Gasteiger partial charge is 0.573 e. The van der Waals surface area contributed by atoms with E-state index in [0.29, 0.717) is 5.56 Å². The number of anilines is 1. The molecule has 0 radical (unpaired) electrons. The van der Waals surface area contributed by atoms with Crippen molar-refractivity contribution in [1.29, 1.82) is 0 Å². The Morgan fingerprint density at radius 2 is 1.76 bits per heavy atom.